The number of halogens is 2. The first-order valence-electron chi connectivity index (χ1n) is 6.94. The van der Waals surface area contributed by atoms with Crippen LogP contribution in [0.5, 0.6) is 0 Å². The summed E-state index contributed by atoms with van der Waals surface area (Å²) >= 11 is 0. The van der Waals surface area contributed by atoms with Crippen LogP contribution in [-0.2, 0) is 10.2 Å². The van der Waals surface area contributed by atoms with Crippen molar-refractivity contribution in [3.63, 3.8) is 0 Å². The molecule has 0 heterocycles. The molecule has 5 heteroatoms. The summed E-state index contributed by atoms with van der Waals surface area (Å²) < 4.78 is 26.9. The zero-order chi connectivity index (χ0) is 14.9. The minimum atomic E-state index is -0.867. The van der Waals surface area contributed by atoms with Gasteiger partial charge >= 0.3 is 0 Å². The van der Waals surface area contributed by atoms with Crippen LogP contribution in [0.2, 0.25) is 0 Å². The zero-order valence-electron chi connectivity index (χ0n) is 11.8. The largest absolute Gasteiger partial charge is 0.342 e. The summed E-state index contributed by atoms with van der Waals surface area (Å²) in [6, 6.07) is 3.21. The third-order valence-electron chi connectivity index (χ3n) is 4.10. The lowest BCUT2D eigenvalue weighted by atomic mass is 9.61. The van der Waals surface area contributed by atoms with Gasteiger partial charge in [0.15, 0.2) is 0 Å². The van der Waals surface area contributed by atoms with Crippen molar-refractivity contribution in [3.05, 3.63) is 35.4 Å². The molecule has 1 fully saturated rings. The Balaban J connectivity index is 2.42. The summed E-state index contributed by atoms with van der Waals surface area (Å²) in [4.78, 5) is 14.4. The normalized spacial score (nSPS) is 25.1. The molecule has 1 aromatic carbocycles. The molecule has 0 aromatic heterocycles. The van der Waals surface area contributed by atoms with Gasteiger partial charge in [0.25, 0.3) is 0 Å². The van der Waals surface area contributed by atoms with Crippen molar-refractivity contribution in [2.45, 2.75) is 38.1 Å². The number of rotatable bonds is 4. The molecular formula is C15H20F2N2O. The fourth-order valence-corrected chi connectivity index (χ4v) is 3.01. The number of nitrogens with two attached hydrogens (primary N) is 1. The predicted molar refractivity (Wildman–Crippen MR) is 73.2 cm³/mol. The number of benzene rings is 1. The van der Waals surface area contributed by atoms with Crippen molar-refractivity contribution in [3.8, 4) is 0 Å². The molecule has 2 rings (SSSR count). The van der Waals surface area contributed by atoms with E-state index in [9.17, 15) is 13.6 Å². The maximum absolute atomic E-state index is 13.4. The molecule has 0 bridgehead atoms. The number of hydrogen-bond donors (Lipinski definition) is 1. The van der Waals surface area contributed by atoms with E-state index in [1.165, 1.54) is 12.1 Å². The van der Waals surface area contributed by atoms with E-state index >= 15 is 0 Å². The molecule has 2 N–H and O–H groups in total. The highest BCUT2D eigenvalue weighted by molar-refractivity contribution is 5.89. The Morgan fingerprint density at radius 2 is 1.75 bits per heavy atom. The van der Waals surface area contributed by atoms with Gasteiger partial charge in [-0.15, -0.1) is 0 Å². The minimum Gasteiger partial charge on any atom is -0.342 e. The quantitative estimate of drug-likeness (QED) is 0.920. The summed E-state index contributed by atoms with van der Waals surface area (Å²) in [5.74, 6) is -1.41. The van der Waals surface area contributed by atoms with Crippen molar-refractivity contribution in [1.29, 1.82) is 0 Å². The molecule has 20 heavy (non-hydrogen) atoms. The highest BCUT2D eigenvalue weighted by Crippen LogP contribution is 2.45. The Bertz CT molecular complexity index is 488. The number of amides is 1. The molecule has 1 aliphatic carbocycles. The molecule has 0 aliphatic heterocycles. The molecule has 0 radical (unpaired) electrons. The van der Waals surface area contributed by atoms with Crippen LogP contribution in [0, 0.1) is 11.6 Å². The van der Waals surface area contributed by atoms with Gasteiger partial charge in [0.2, 0.25) is 5.91 Å². The third kappa shape index (κ3) is 2.42. The van der Waals surface area contributed by atoms with E-state index in [1.807, 2.05) is 13.8 Å². The molecule has 3 nitrogen and oxygen atoms in total. The lowest BCUT2D eigenvalue weighted by Crippen LogP contribution is -2.58. The fourth-order valence-electron chi connectivity index (χ4n) is 3.01. The standard InChI is InChI=1S/C15H20F2N2O/c1-3-19(4-2)14(20)15(8-13(18)9-15)10-5-11(16)7-12(17)6-10/h5-7,13H,3-4,8-9,18H2,1-2H3. The second kappa shape index (κ2) is 5.48. The molecule has 0 atom stereocenters. The summed E-state index contributed by atoms with van der Waals surface area (Å²) in [6.07, 6.45) is 0.871. The molecule has 1 aromatic rings. The number of nitrogens with zero attached hydrogens (tertiary/aromatic N) is 1. The smallest absolute Gasteiger partial charge is 0.233 e. The van der Waals surface area contributed by atoms with Gasteiger partial charge in [-0.3, -0.25) is 4.79 Å². The molecule has 0 unspecified atom stereocenters. The van der Waals surface area contributed by atoms with Gasteiger partial charge < -0.3 is 10.6 Å². The van der Waals surface area contributed by atoms with Gasteiger partial charge in [0.1, 0.15) is 11.6 Å². The number of carbonyl (C=O) groups excluding carboxylic acids is 1. The molecule has 1 amide bonds. The molecule has 1 saturated carbocycles. The lowest BCUT2D eigenvalue weighted by Gasteiger charge is -2.47. The van der Waals surface area contributed by atoms with Crippen LogP contribution in [0.3, 0.4) is 0 Å². The van der Waals surface area contributed by atoms with Crippen LogP contribution < -0.4 is 5.73 Å². The maximum Gasteiger partial charge on any atom is 0.233 e. The Hall–Kier alpha value is -1.49. The topological polar surface area (TPSA) is 46.3 Å². The van der Waals surface area contributed by atoms with E-state index in [0.29, 0.717) is 31.5 Å². The average Bonchev–Trinajstić information content (AvgIpc) is 2.34. The fraction of sp³-hybridized carbons (Fsp3) is 0.533. The summed E-state index contributed by atoms with van der Waals surface area (Å²) in [5.41, 5.74) is 5.36. The van der Waals surface area contributed by atoms with Gasteiger partial charge in [-0.1, -0.05) is 0 Å². The molecule has 110 valence electrons. The van der Waals surface area contributed by atoms with Crippen LogP contribution in [0.4, 0.5) is 8.78 Å². The molecule has 1 aliphatic rings. The molecule has 0 saturated heterocycles. The summed E-state index contributed by atoms with van der Waals surface area (Å²) in [5, 5.41) is 0. The third-order valence-corrected chi connectivity index (χ3v) is 4.10. The van der Waals surface area contributed by atoms with Gasteiger partial charge in [-0.05, 0) is 44.4 Å². The summed E-state index contributed by atoms with van der Waals surface area (Å²) in [6.45, 7) is 4.92. The predicted octanol–water partition coefficient (Wildman–Crippen LogP) is 2.19. The molecule has 0 spiro atoms. The first-order chi connectivity index (χ1) is 9.42. The monoisotopic (exact) mass is 282 g/mol. The Morgan fingerprint density at radius 3 is 2.15 bits per heavy atom. The number of carbonyl (C=O) groups is 1. The SMILES string of the molecule is CCN(CC)C(=O)C1(c2cc(F)cc(F)c2)CC(N)C1. The van der Waals surface area contributed by atoms with E-state index in [-0.39, 0.29) is 11.9 Å². The second-order valence-electron chi connectivity index (χ2n) is 5.39. The van der Waals surface area contributed by atoms with Gasteiger partial charge in [-0.25, -0.2) is 8.78 Å². The van der Waals surface area contributed by atoms with Gasteiger partial charge in [0, 0.05) is 25.2 Å². The Kier molecular flexibility index (Phi) is 4.09. The van der Waals surface area contributed by atoms with E-state index in [0.717, 1.165) is 6.07 Å². The number of hydrogen-bond acceptors (Lipinski definition) is 2. The minimum absolute atomic E-state index is 0.0887. The second-order valence-corrected chi connectivity index (χ2v) is 5.39. The van der Waals surface area contributed by atoms with Crippen molar-refractivity contribution in [1.82, 2.24) is 4.90 Å². The van der Waals surface area contributed by atoms with E-state index < -0.39 is 17.0 Å². The number of likely N-dealkylation sites (N-methyl/N-ethyl adjacent to an activating group) is 1. The Labute approximate surface area is 117 Å². The first-order valence-corrected chi connectivity index (χ1v) is 6.94. The van der Waals surface area contributed by atoms with Gasteiger partial charge in [0.05, 0.1) is 5.41 Å². The average molecular weight is 282 g/mol. The highest BCUT2D eigenvalue weighted by atomic mass is 19.1. The lowest BCUT2D eigenvalue weighted by molar-refractivity contribution is -0.141. The van der Waals surface area contributed by atoms with E-state index in [4.69, 9.17) is 5.73 Å². The van der Waals surface area contributed by atoms with Gasteiger partial charge in [-0.2, -0.15) is 0 Å². The van der Waals surface area contributed by atoms with Crippen molar-refractivity contribution < 1.29 is 13.6 Å². The van der Waals surface area contributed by atoms with E-state index in [2.05, 4.69) is 0 Å². The van der Waals surface area contributed by atoms with E-state index in [1.54, 1.807) is 4.90 Å². The van der Waals surface area contributed by atoms with Crippen LogP contribution in [0.1, 0.15) is 32.3 Å². The van der Waals surface area contributed by atoms with Crippen LogP contribution >= 0.6 is 0 Å². The molecular weight excluding hydrogens is 262 g/mol. The zero-order valence-corrected chi connectivity index (χ0v) is 11.8. The summed E-state index contributed by atoms with van der Waals surface area (Å²) in [7, 11) is 0. The van der Waals surface area contributed by atoms with Crippen molar-refractivity contribution in [2.24, 2.45) is 5.73 Å². The Morgan fingerprint density at radius 1 is 1.25 bits per heavy atom. The van der Waals surface area contributed by atoms with Crippen LogP contribution in [0.15, 0.2) is 18.2 Å². The highest BCUT2D eigenvalue weighted by Gasteiger charge is 2.51. The van der Waals surface area contributed by atoms with Crippen molar-refractivity contribution in [2.75, 3.05) is 13.1 Å². The first kappa shape index (κ1) is 14.9. The van der Waals surface area contributed by atoms with Crippen LogP contribution in [0.25, 0.3) is 0 Å². The maximum atomic E-state index is 13.4. The van der Waals surface area contributed by atoms with Crippen molar-refractivity contribution >= 4 is 5.91 Å². The van der Waals surface area contributed by atoms with Crippen LogP contribution in [-0.4, -0.2) is 29.9 Å².